The van der Waals surface area contributed by atoms with Crippen LogP contribution >= 0.6 is 0 Å². The lowest BCUT2D eigenvalue weighted by Gasteiger charge is -2.15. The molecule has 0 atom stereocenters. The minimum absolute atomic E-state index is 0.0254. The number of alkyl halides is 3. The van der Waals surface area contributed by atoms with Crippen LogP contribution in [0.5, 0.6) is 5.75 Å². The number of hydrogen-bond acceptors (Lipinski definition) is 6. The summed E-state index contributed by atoms with van der Waals surface area (Å²) < 4.78 is 44.3. The summed E-state index contributed by atoms with van der Waals surface area (Å²) in [4.78, 5) is 52.5. The number of aromatic nitrogens is 2. The van der Waals surface area contributed by atoms with Crippen molar-refractivity contribution in [1.29, 1.82) is 5.26 Å². The van der Waals surface area contributed by atoms with Crippen LogP contribution in [0, 0.1) is 11.3 Å². The van der Waals surface area contributed by atoms with Gasteiger partial charge in [0.1, 0.15) is 11.4 Å². The number of nitriles is 1. The number of halogens is 3. The zero-order chi connectivity index (χ0) is 30.3. The molecule has 13 heteroatoms. The Bertz CT molecular complexity index is 1730. The van der Waals surface area contributed by atoms with Gasteiger partial charge in [0, 0.05) is 30.3 Å². The number of hydrogen-bond donors (Lipinski definition) is 3. The minimum Gasteiger partial charge on any atom is -0.405 e. The first-order valence-corrected chi connectivity index (χ1v) is 12.3. The third-order valence-electron chi connectivity index (χ3n) is 5.98. The van der Waals surface area contributed by atoms with Crippen LogP contribution in [0.4, 0.5) is 13.2 Å². The second-order valence-electron chi connectivity index (χ2n) is 8.94. The van der Waals surface area contributed by atoms with Gasteiger partial charge < -0.3 is 20.4 Å². The maximum absolute atomic E-state index is 13.1. The van der Waals surface area contributed by atoms with Gasteiger partial charge in [-0.3, -0.25) is 19.0 Å². The van der Waals surface area contributed by atoms with Crippen molar-refractivity contribution in [3.63, 3.8) is 0 Å². The average molecular weight is 578 g/mol. The molecule has 0 unspecified atom stereocenters. The molecule has 1 heterocycles. The fourth-order valence-electron chi connectivity index (χ4n) is 3.87. The van der Waals surface area contributed by atoms with Crippen molar-refractivity contribution < 1.29 is 27.5 Å². The highest BCUT2D eigenvalue weighted by molar-refractivity contribution is 5.95. The van der Waals surface area contributed by atoms with E-state index in [1.165, 1.54) is 12.1 Å². The summed E-state index contributed by atoms with van der Waals surface area (Å²) in [6, 6.07) is 21.3. The molecule has 0 aliphatic rings. The van der Waals surface area contributed by atoms with E-state index in [2.05, 4.69) is 20.4 Å². The Balaban J connectivity index is 1.46. The van der Waals surface area contributed by atoms with Gasteiger partial charge in [0.15, 0.2) is 0 Å². The van der Waals surface area contributed by atoms with Gasteiger partial charge in [-0.25, -0.2) is 4.79 Å². The monoisotopic (exact) mass is 577 g/mol. The molecule has 0 bridgehead atoms. The van der Waals surface area contributed by atoms with Crippen molar-refractivity contribution >= 4 is 11.8 Å². The highest BCUT2D eigenvalue weighted by atomic mass is 19.4. The number of nitrogens with one attached hydrogen (secondary N) is 3. The first kappa shape index (κ1) is 29.3. The van der Waals surface area contributed by atoms with Gasteiger partial charge in [-0.1, -0.05) is 48.5 Å². The van der Waals surface area contributed by atoms with E-state index in [4.69, 9.17) is 5.26 Å². The third kappa shape index (κ3) is 7.72. The molecular formula is C29H22F3N5O5. The van der Waals surface area contributed by atoms with Gasteiger partial charge in [-0.05, 0) is 35.4 Å². The molecule has 4 aromatic rings. The van der Waals surface area contributed by atoms with Crippen LogP contribution < -0.4 is 26.6 Å². The number of carbonyl (C=O) groups is 2. The lowest BCUT2D eigenvalue weighted by Crippen LogP contribution is -2.38. The van der Waals surface area contributed by atoms with Crippen molar-refractivity contribution in [2.75, 3.05) is 0 Å². The van der Waals surface area contributed by atoms with Crippen LogP contribution in [0.25, 0.3) is 0 Å². The second-order valence-corrected chi connectivity index (χ2v) is 8.94. The smallest absolute Gasteiger partial charge is 0.405 e. The maximum Gasteiger partial charge on any atom is 0.573 e. The molecule has 1 aromatic heterocycles. The Hall–Kier alpha value is -5.64. The highest BCUT2D eigenvalue weighted by Gasteiger charge is 2.32. The second kappa shape index (κ2) is 12.7. The number of amides is 2. The number of carbonyl (C=O) groups excluding carboxylic acids is 2. The Morgan fingerprint density at radius 2 is 1.57 bits per heavy atom. The van der Waals surface area contributed by atoms with Crippen LogP contribution in [0.2, 0.25) is 0 Å². The zero-order valence-electron chi connectivity index (χ0n) is 21.7. The Kier molecular flexibility index (Phi) is 8.87. The number of benzene rings is 3. The van der Waals surface area contributed by atoms with Crippen molar-refractivity contribution in [1.82, 2.24) is 20.2 Å². The van der Waals surface area contributed by atoms with Crippen LogP contribution in [0.15, 0.2) is 88.5 Å². The molecule has 0 aliphatic carbocycles. The number of ether oxygens (including phenoxy) is 1. The molecule has 42 heavy (non-hydrogen) atoms. The molecule has 3 aromatic carbocycles. The van der Waals surface area contributed by atoms with E-state index in [0.29, 0.717) is 16.7 Å². The molecule has 0 aliphatic heterocycles. The van der Waals surface area contributed by atoms with E-state index in [9.17, 15) is 32.3 Å². The number of nitrogens with zero attached hydrogens (tertiary/aromatic N) is 2. The summed E-state index contributed by atoms with van der Waals surface area (Å²) in [6.07, 6.45) is -5.09. The lowest BCUT2D eigenvalue weighted by atomic mass is 10.1. The van der Waals surface area contributed by atoms with E-state index < -0.39 is 41.7 Å². The third-order valence-corrected chi connectivity index (χ3v) is 5.98. The quantitative estimate of drug-likeness (QED) is 0.279. The summed E-state index contributed by atoms with van der Waals surface area (Å²) in [7, 11) is 0. The number of rotatable bonds is 9. The fraction of sp³-hybridized carbons (Fsp3) is 0.138. The largest absolute Gasteiger partial charge is 0.573 e. The molecule has 0 spiro atoms. The van der Waals surface area contributed by atoms with E-state index in [1.54, 1.807) is 54.6 Å². The van der Waals surface area contributed by atoms with Crippen molar-refractivity contribution in [2.24, 2.45) is 0 Å². The summed E-state index contributed by atoms with van der Waals surface area (Å²) in [5.41, 5.74) is -0.440. The van der Waals surface area contributed by atoms with Crippen molar-refractivity contribution in [2.45, 2.75) is 26.0 Å². The first-order chi connectivity index (χ1) is 20.0. The molecule has 4 rings (SSSR count). The maximum atomic E-state index is 13.1. The van der Waals surface area contributed by atoms with Crippen LogP contribution in [0.1, 0.15) is 43.1 Å². The molecular weight excluding hydrogens is 555 g/mol. The fourth-order valence-corrected chi connectivity index (χ4v) is 3.87. The Morgan fingerprint density at radius 3 is 2.21 bits per heavy atom. The number of aromatic amines is 1. The SMILES string of the molecule is N#Cc1ccc(CNC(=O)c2ccc(CNC(=O)c3cc(=O)n(Cc4ccccc4)c(=O)[nH]3)c(OC(F)(F)F)c2)cc1. The van der Waals surface area contributed by atoms with Gasteiger partial charge in [-0.2, -0.15) is 5.26 Å². The predicted molar refractivity (Wildman–Crippen MR) is 143 cm³/mol. The van der Waals surface area contributed by atoms with Gasteiger partial charge in [-0.15, -0.1) is 13.2 Å². The molecule has 3 N–H and O–H groups in total. The van der Waals surface area contributed by atoms with E-state index in [-0.39, 0.29) is 29.9 Å². The predicted octanol–water partition coefficient (Wildman–Crippen LogP) is 3.22. The highest BCUT2D eigenvalue weighted by Crippen LogP contribution is 2.28. The summed E-state index contributed by atoms with van der Waals surface area (Å²) in [6.45, 7) is -0.449. The molecule has 214 valence electrons. The molecule has 10 nitrogen and oxygen atoms in total. The standard InChI is InChI=1S/C29H22F3N5O5/c30-29(31,32)42-24-12-21(26(39)34-15-19-8-6-18(14-33)7-9-19)10-11-22(24)16-35-27(40)23-13-25(38)37(28(41)36-23)17-20-4-2-1-3-5-20/h1-13H,15-17H2,(H,34,39)(H,35,40)(H,36,41). The summed E-state index contributed by atoms with van der Waals surface area (Å²) in [5.74, 6) is -2.32. The lowest BCUT2D eigenvalue weighted by molar-refractivity contribution is -0.274. The Morgan fingerprint density at radius 1 is 0.881 bits per heavy atom. The zero-order valence-corrected chi connectivity index (χ0v) is 21.7. The Labute approximate surface area is 236 Å². The van der Waals surface area contributed by atoms with E-state index in [1.807, 2.05) is 6.07 Å². The van der Waals surface area contributed by atoms with Crippen molar-refractivity contribution in [3.8, 4) is 11.8 Å². The molecule has 0 fully saturated rings. The average Bonchev–Trinajstić information content (AvgIpc) is 2.96. The summed E-state index contributed by atoms with van der Waals surface area (Å²) >= 11 is 0. The van der Waals surface area contributed by atoms with Crippen LogP contribution in [-0.4, -0.2) is 27.7 Å². The molecule has 2 amide bonds. The van der Waals surface area contributed by atoms with Crippen LogP contribution in [-0.2, 0) is 19.6 Å². The summed E-state index contributed by atoms with van der Waals surface area (Å²) in [5, 5.41) is 13.8. The minimum atomic E-state index is -5.09. The van der Waals surface area contributed by atoms with Gasteiger partial charge in [0.2, 0.25) is 0 Å². The van der Waals surface area contributed by atoms with Gasteiger partial charge >= 0.3 is 12.1 Å². The first-order valence-electron chi connectivity index (χ1n) is 12.3. The van der Waals surface area contributed by atoms with E-state index >= 15 is 0 Å². The molecule has 0 radical (unpaired) electrons. The van der Waals surface area contributed by atoms with Gasteiger partial charge in [0.05, 0.1) is 18.2 Å². The van der Waals surface area contributed by atoms with Gasteiger partial charge in [0.25, 0.3) is 17.4 Å². The molecule has 0 saturated heterocycles. The van der Waals surface area contributed by atoms with E-state index in [0.717, 1.165) is 16.7 Å². The molecule has 0 saturated carbocycles. The normalized spacial score (nSPS) is 10.9. The topological polar surface area (TPSA) is 146 Å². The van der Waals surface area contributed by atoms with Crippen molar-refractivity contribution in [3.05, 3.63) is 133 Å². The van der Waals surface area contributed by atoms with Crippen LogP contribution in [0.3, 0.4) is 0 Å². The number of H-pyrrole nitrogens is 1.